The molecule has 1 fully saturated rings. The van der Waals surface area contributed by atoms with E-state index >= 15 is 0 Å². The van der Waals surface area contributed by atoms with Crippen molar-refractivity contribution in [2.45, 2.75) is 6.92 Å². The van der Waals surface area contributed by atoms with Crippen LogP contribution in [0, 0.1) is 0 Å². The third-order valence-electron chi connectivity index (χ3n) is 3.27. The molecule has 98 valence electrons. The summed E-state index contributed by atoms with van der Waals surface area (Å²) < 4.78 is 0.801. The maximum atomic E-state index is 12.4. The van der Waals surface area contributed by atoms with E-state index in [1.807, 2.05) is 11.0 Å². The minimum absolute atomic E-state index is 0.0557. The van der Waals surface area contributed by atoms with Gasteiger partial charge >= 0.3 is 0 Å². The van der Waals surface area contributed by atoms with Crippen molar-refractivity contribution in [2.75, 3.05) is 32.7 Å². The number of hydrogen-bond donors (Lipinski definition) is 0. The molecule has 1 aliphatic heterocycles. The highest BCUT2D eigenvalue weighted by molar-refractivity contribution is 9.10. The van der Waals surface area contributed by atoms with Gasteiger partial charge in [-0.25, -0.2) is 0 Å². The fourth-order valence-corrected chi connectivity index (χ4v) is 2.69. The molecule has 1 aromatic rings. The summed E-state index contributed by atoms with van der Waals surface area (Å²) in [6.45, 7) is 6.64. The highest BCUT2D eigenvalue weighted by Gasteiger charge is 2.22. The minimum atomic E-state index is 0.0557. The Labute approximate surface area is 121 Å². The van der Waals surface area contributed by atoms with E-state index in [0.29, 0.717) is 10.6 Å². The molecule has 1 heterocycles. The first-order valence-corrected chi connectivity index (χ1v) is 7.25. The third kappa shape index (κ3) is 3.05. The van der Waals surface area contributed by atoms with Crippen LogP contribution in [0.25, 0.3) is 0 Å². The Hall–Kier alpha value is -0.580. The van der Waals surface area contributed by atoms with Crippen molar-refractivity contribution >= 4 is 33.4 Å². The molecule has 0 radical (unpaired) electrons. The molecule has 1 saturated heterocycles. The maximum Gasteiger partial charge on any atom is 0.255 e. The molecule has 1 aromatic carbocycles. The molecule has 0 bridgehead atoms. The van der Waals surface area contributed by atoms with Crippen molar-refractivity contribution in [1.29, 1.82) is 0 Å². The highest BCUT2D eigenvalue weighted by atomic mass is 79.9. The standard InChI is InChI=1S/C13H16BrClN2O/c1-2-16-5-7-17(8-6-16)13(18)11-9-10(15)3-4-12(11)14/h3-4,9H,2,5-8H2,1H3. The SMILES string of the molecule is CCN1CCN(C(=O)c2cc(Cl)ccc2Br)CC1. The van der Waals surface area contributed by atoms with Crippen LogP contribution >= 0.6 is 27.5 Å². The molecular weight excluding hydrogens is 316 g/mol. The van der Waals surface area contributed by atoms with Crippen LogP contribution in [-0.4, -0.2) is 48.4 Å². The van der Waals surface area contributed by atoms with Gasteiger partial charge in [-0.2, -0.15) is 0 Å². The molecule has 2 rings (SSSR count). The second kappa shape index (κ2) is 6.04. The van der Waals surface area contributed by atoms with E-state index in [1.165, 1.54) is 0 Å². The summed E-state index contributed by atoms with van der Waals surface area (Å²) in [5.74, 6) is 0.0557. The minimum Gasteiger partial charge on any atom is -0.336 e. The average molecular weight is 332 g/mol. The van der Waals surface area contributed by atoms with E-state index in [-0.39, 0.29) is 5.91 Å². The Bertz CT molecular complexity index is 445. The predicted molar refractivity (Wildman–Crippen MR) is 77.2 cm³/mol. The molecule has 0 unspecified atom stereocenters. The number of rotatable bonds is 2. The van der Waals surface area contributed by atoms with Crippen molar-refractivity contribution in [1.82, 2.24) is 9.80 Å². The number of carbonyl (C=O) groups is 1. The van der Waals surface area contributed by atoms with Gasteiger partial charge in [0.15, 0.2) is 0 Å². The van der Waals surface area contributed by atoms with Gasteiger partial charge in [-0.05, 0) is 40.7 Å². The number of likely N-dealkylation sites (N-methyl/N-ethyl adjacent to an activating group) is 1. The molecule has 0 N–H and O–H groups in total. The van der Waals surface area contributed by atoms with E-state index in [4.69, 9.17) is 11.6 Å². The Balaban J connectivity index is 2.10. The van der Waals surface area contributed by atoms with Crippen molar-refractivity contribution in [3.63, 3.8) is 0 Å². The van der Waals surface area contributed by atoms with Crippen LogP contribution in [0.4, 0.5) is 0 Å². The van der Waals surface area contributed by atoms with Crippen molar-refractivity contribution in [3.05, 3.63) is 33.3 Å². The van der Waals surface area contributed by atoms with Gasteiger partial charge in [0.25, 0.3) is 5.91 Å². The number of benzene rings is 1. The van der Waals surface area contributed by atoms with Crippen LogP contribution in [0.15, 0.2) is 22.7 Å². The number of nitrogens with zero attached hydrogens (tertiary/aromatic N) is 2. The fourth-order valence-electron chi connectivity index (χ4n) is 2.10. The van der Waals surface area contributed by atoms with Gasteiger partial charge in [-0.1, -0.05) is 18.5 Å². The molecule has 0 aromatic heterocycles. The lowest BCUT2D eigenvalue weighted by molar-refractivity contribution is 0.0642. The smallest absolute Gasteiger partial charge is 0.255 e. The van der Waals surface area contributed by atoms with E-state index in [1.54, 1.807) is 12.1 Å². The number of amides is 1. The second-order valence-electron chi connectivity index (χ2n) is 4.35. The molecule has 0 spiro atoms. The van der Waals surface area contributed by atoms with E-state index in [9.17, 15) is 4.79 Å². The molecule has 0 atom stereocenters. The highest BCUT2D eigenvalue weighted by Crippen LogP contribution is 2.23. The van der Waals surface area contributed by atoms with Gasteiger partial charge in [0.1, 0.15) is 0 Å². The lowest BCUT2D eigenvalue weighted by Gasteiger charge is -2.34. The maximum absolute atomic E-state index is 12.4. The van der Waals surface area contributed by atoms with E-state index in [2.05, 4.69) is 27.8 Å². The lowest BCUT2D eigenvalue weighted by atomic mass is 10.2. The number of piperazine rings is 1. The van der Waals surface area contributed by atoms with Crippen LogP contribution in [0.3, 0.4) is 0 Å². The van der Waals surface area contributed by atoms with Crippen LogP contribution in [0.5, 0.6) is 0 Å². The predicted octanol–water partition coefficient (Wildman–Crippen LogP) is 2.88. The van der Waals surface area contributed by atoms with Gasteiger partial charge in [0.2, 0.25) is 0 Å². The number of halogens is 2. The van der Waals surface area contributed by atoms with Crippen LogP contribution in [0.1, 0.15) is 17.3 Å². The topological polar surface area (TPSA) is 23.6 Å². The van der Waals surface area contributed by atoms with E-state index < -0.39 is 0 Å². The van der Waals surface area contributed by atoms with Crippen molar-refractivity contribution in [2.24, 2.45) is 0 Å². The second-order valence-corrected chi connectivity index (χ2v) is 5.64. The summed E-state index contributed by atoms with van der Waals surface area (Å²) >= 11 is 9.35. The van der Waals surface area contributed by atoms with Gasteiger partial charge < -0.3 is 9.80 Å². The molecule has 5 heteroatoms. The first-order chi connectivity index (χ1) is 8.61. The fraction of sp³-hybridized carbons (Fsp3) is 0.462. The Morgan fingerprint density at radius 1 is 1.33 bits per heavy atom. The molecule has 1 amide bonds. The average Bonchev–Trinajstić information content (AvgIpc) is 2.41. The summed E-state index contributed by atoms with van der Waals surface area (Å²) in [5.41, 5.74) is 0.646. The van der Waals surface area contributed by atoms with E-state index in [0.717, 1.165) is 37.2 Å². The molecule has 3 nitrogen and oxygen atoms in total. The third-order valence-corrected chi connectivity index (χ3v) is 4.19. The summed E-state index contributed by atoms with van der Waals surface area (Å²) in [7, 11) is 0. The largest absolute Gasteiger partial charge is 0.336 e. The zero-order valence-corrected chi connectivity index (χ0v) is 12.7. The lowest BCUT2D eigenvalue weighted by Crippen LogP contribution is -2.48. The first-order valence-electron chi connectivity index (χ1n) is 6.08. The number of carbonyl (C=O) groups excluding carboxylic acids is 1. The Kier molecular flexibility index (Phi) is 4.65. The van der Waals surface area contributed by atoms with Gasteiger partial charge in [0, 0.05) is 35.7 Å². The van der Waals surface area contributed by atoms with Gasteiger partial charge in [-0.3, -0.25) is 4.79 Å². The van der Waals surface area contributed by atoms with Crippen LogP contribution < -0.4 is 0 Å². The molecular formula is C13H16BrClN2O. The summed E-state index contributed by atoms with van der Waals surface area (Å²) in [4.78, 5) is 16.6. The number of hydrogen-bond acceptors (Lipinski definition) is 2. The zero-order valence-electron chi connectivity index (χ0n) is 10.3. The van der Waals surface area contributed by atoms with Gasteiger partial charge in [-0.15, -0.1) is 0 Å². The molecule has 0 aliphatic carbocycles. The van der Waals surface area contributed by atoms with Crippen molar-refractivity contribution < 1.29 is 4.79 Å². The van der Waals surface area contributed by atoms with Crippen LogP contribution in [-0.2, 0) is 0 Å². The quantitative estimate of drug-likeness (QED) is 0.832. The molecule has 18 heavy (non-hydrogen) atoms. The normalized spacial score (nSPS) is 16.9. The molecule has 0 saturated carbocycles. The monoisotopic (exact) mass is 330 g/mol. The summed E-state index contributed by atoms with van der Waals surface area (Å²) in [5, 5.41) is 0.591. The van der Waals surface area contributed by atoms with Gasteiger partial charge in [0.05, 0.1) is 5.56 Å². The molecule has 1 aliphatic rings. The summed E-state index contributed by atoms with van der Waals surface area (Å²) in [6.07, 6.45) is 0. The zero-order chi connectivity index (χ0) is 13.1. The van der Waals surface area contributed by atoms with Crippen molar-refractivity contribution in [3.8, 4) is 0 Å². The Morgan fingerprint density at radius 3 is 2.61 bits per heavy atom. The Morgan fingerprint density at radius 2 is 2.00 bits per heavy atom. The first kappa shape index (κ1) is 13.8. The summed E-state index contributed by atoms with van der Waals surface area (Å²) in [6, 6.07) is 5.31. The van der Waals surface area contributed by atoms with Crippen LogP contribution in [0.2, 0.25) is 5.02 Å².